The zero-order valence-corrected chi connectivity index (χ0v) is 15.5. The maximum atomic E-state index is 12.5. The summed E-state index contributed by atoms with van der Waals surface area (Å²) in [7, 11) is -2.12. The normalized spacial score (nSPS) is 12.3. The van der Waals surface area contributed by atoms with Crippen molar-refractivity contribution < 1.29 is 17.9 Å². The molecule has 7 heteroatoms. The van der Waals surface area contributed by atoms with E-state index in [9.17, 15) is 13.2 Å². The standard InChI is InChI=1S/C18H22N2O4S/c1-13-5-7-15(8-6-13)19-18(21)14(2)20(25(4,22)23)16-9-11-17(24-3)12-10-16/h5-12,14H,1-4H3,(H,19,21)/t14-/m0/s1. The van der Waals surface area contributed by atoms with Gasteiger partial charge in [0.25, 0.3) is 0 Å². The molecule has 1 N–H and O–H groups in total. The molecule has 0 aromatic heterocycles. The molecule has 2 aromatic carbocycles. The lowest BCUT2D eigenvalue weighted by molar-refractivity contribution is -0.116. The Kier molecular flexibility index (Phi) is 5.69. The SMILES string of the molecule is COc1ccc(N([C@@H](C)C(=O)Nc2ccc(C)cc2)S(C)(=O)=O)cc1. The molecule has 134 valence electrons. The molecule has 0 aliphatic carbocycles. The summed E-state index contributed by atoms with van der Waals surface area (Å²) in [6.45, 7) is 3.50. The number of ether oxygens (including phenoxy) is 1. The highest BCUT2D eigenvalue weighted by molar-refractivity contribution is 7.92. The average molecular weight is 362 g/mol. The number of hydrogen-bond acceptors (Lipinski definition) is 4. The van der Waals surface area contributed by atoms with Crippen molar-refractivity contribution >= 4 is 27.3 Å². The van der Waals surface area contributed by atoms with Crippen LogP contribution in [-0.4, -0.2) is 33.7 Å². The van der Waals surface area contributed by atoms with Crippen molar-refractivity contribution in [1.29, 1.82) is 0 Å². The third kappa shape index (κ3) is 4.73. The second kappa shape index (κ2) is 7.57. The first kappa shape index (κ1) is 18.8. The molecule has 2 aromatic rings. The highest BCUT2D eigenvalue weighted by Crippen LogP contribution is 2.24. The van der Waals surface area contributed by atoms with Crippen LogP contribution < -0.4 is 14.4 Å². The van der Waals surface area contributed by atoms with Crippen molar-refractivity contribution in [3.05, 3.63) is 54.1 Å². The molecule has 0 unspecified atom stereocenters. The Bertz CT molecular complexity index is 830. The zero-order chi connectivity index (χ0) is 18.6. The van der Waals surface area contributed by atoms with Crippen molar-refractivity contribution in [2.24, 2.45) is 0 Å². The van der Waals surface area contributed by atoms with Gasteiger partial charge in [-0.15, -0.1) is 0 Å². The van der Waals surface area contributed by atoms with E-state index in [1.165, 1.54) is 7.11 Å². The summed E-state index contributed by atoms with van der Waals surface area (Å²) in [4.78, 5) is 12.5. The molecule has 0 spiro atoms. The molecule has 0 radical (unpaired) electrons. The molecular weight excluding hydrogens is 340 g/mol. The van der Waals surface area contributed by atoms with E-state index in [-0.39, 0.29) is 0 Å². The van der Waals surface area contributed by atoms with Crippen LogP contribution in [0.1, 0.15) is 12.5 Å². The van der Waals surface area contributed by atoms with Crippen LogP contribution in [0, 0.1) is 6.92 Å². The van der Waals surface area contributed by atoms with Crippen molar-refractivity contribution in [2.45, 2.75) is 19.9 Å². The quantitative estimate of drug-likeness (QED) is 0.857. The molecule has 6 nitrogen and oxygen atoms in total. The lowest BCUT2D eigenvalue weighted by atomic mass is 10.2. The molecule has 1 amide bonds. The minimum Gasteiger partial charge on any atom is -0.497 e. The Labute approximate surface area is 148 Å². The molecule has 0 aliphatic heterocycles. The highest BCUT2D eigenvalue weighted by atomic mass is 32.2. The predicted molar refractivity (Wildman–Crippen MR) is 99.6 cm³/mol. The van der Waals surface area contributed by atoms with Crippen LogP contribution in [-0.2, 0) is 14.8 Å². The first-order valence-corrected chi connectivity index (χ1v) is 9.58. The third-order valence-corrected chi connectivity index (χ3v) is 4.98. The summed E-state index contributed by atoms with van der Waals surface area (Å²) in [6, 6.07) is 12.9. The van der Waals surface area contributed by atoms with Gasteiger partial charge in [0.05, 0.1) is 19.1 Å². The fraction of sp³-hybridized carbons (Fsp3) is 0.278. The number of anilines is 2. The monoisotopic (exact) mass is 362 g/mol. The van der Waals surface area contributed by atoms with E-state index in [2.05, 4.69) is 5.32 Å². The number of nitrogens with zero attached hydrogens (tertiary/aromatic N) is 1. The summed E-state index contributed by atoms with van der Waals surface area (Å²) < 4.78 is 30.7. The summed E-state index contributed by atoms with van der Waals surface area (Å²) in [6.07, 6.45) is 1.08. The summed E-state index contributed by atoms with van der Waals surface area (Å²) >= 11 is 0. The Hall–Kier alpha value is -2.54. The van der Waals surface area contributed by atoms with E-state index in [0.717, 1.165) is 16.1 Å². The largest absolute Gasteiger partial charge is 0.497 e. The van der Waals surface area contributed by atoms with E-state index < -0.39 is 22.0 Å². The second-order valence-corrected chi connectivity index (χ2v) is 7.65. The Balaban J connectivity index is 2.27. The summed E-state index contributed by atoms with van der Waals surface area (Å²) in [5.41, 5.74) is 2.09. The number of rotatable bonds is 6. The Morgan fingerprint density at radius 3 is 2.12 bits per heavy atom. The minimum absolute atomic E-state index is 0.398. The molecule has 1 atom stereocenters. The predicted octanol–water partition coefficient (Wildman–Crippen LogP) is 2.80. The first-order chi connectivity index (χ1) is 11.7. The van der Waals surface area contributed by atoms with Crippen molar-refractivity contribution in [3.8, 4) is 5.75 Å². The van der Waals surface area contributed by atoms with Gasteiger partial charge in [-0.05, 0) is 50.2 Å². The van der Waals surface area contributed by atoms with Gasteiger partial charge in [0, 0.05) is 5.69 Å². The number of sulfonamides is 1. The maximum absolute atomic E-state index is 12.5. The Morgan fingerprint density at radius 1 is 1.08 bits per heavy atom. The topological polar surface area (TPSA) is 75.7 Å². The molecule has 0 saturated heterocycles. The first-order valence-electron chi connectivity index (χ1n) is 7.73. The van der Waals surface area contributed by atoms with Gasteiger partial charge >= 0.3 is 0 Å². The maximum Gasteiger partial charge on any atom is 0.247 e. The summed E-state index contributed by atoms with van der Waals surface area (Å²) in [5.74, 6) is 0.194. The molecule has 0 saturated carbocycles. The number of amides is 1. The molecule has 0 heterocycles. The average Bonchev–Trinajstić information content (AvgIpc) is 2.56. The van der Waals surface area contributed by atoms with E-state index in [4.69, 9.17) is 4.74 Å². The lowest BCUT2D eigenvalue weighted by Gasteiger charge is -2.28. The van der Waals surface area contributed by atoms with Gasteiger partial charge in [0.1, 0.15) is 11.8 Å². The Morgan fingerprint density at radius 2 is 1.64 bits per heavy atom. The number of methoxy groups -OCH3 is 1. The van der Waals surface area contributed by atoms with Crippen LogP contribution in [0.5, 0.6) is 5.75 Å². The third-order valence-electron chi connectivity index (χ3n) is 3.73. The van der Waals surface area contributed by atoms with Crippen LogP contribution in [0.25, 0.3) is 0 Å². The molecule has 0 aliphatic rings. The van der Waals surface area contributed by atoms with E-state index >= 15 is 0 Å². The van der Waals surface area contributed by atoms with Crippen molar-refractivity contribution in [1.82, 2.24) is 0 Å². The van der Waals surface area contributed by atoms with Gasteiger partial charge in [-0.25, -0.2) is 8.42 Å². The van der Waals surface area contributed by atoms with E-state index in [1.54, 1.807) is 43.3 Å². The van der Waals surface area contributed by atoms with Crippen LogP contribution >= 0.6 is 0 Å². The fourth-order valence-electron chi connectivity index (χ4n) is 2.42. The van der Waals surface area contributed by atoms with Crippen molar-refractivity contribution in [2.75, 3.05) is 23.0 Å². The highest BCUT2D eigenvalue weighted by Gasteiger charge is 2.29. The molecule has 2 rings (SSSR count). The van der Waals surface area contributed by atoms with Gasteiger partial charge in [-0.1, -0.05) is 17.7 Å². The van der Waals surface area contributed by atoms with E-state index in [0.29, 0.717) is 17.1 Å². The van der Waals surface area contributed by atoms with Gasteiger partial charge < -0.3 is 10.1 Å². The number of benzene rings is 2. The number of carbonyl (C=O) groups is 1. The van der Waals surface area contributed by atoms with Crippen molar-refractivity contribution in [3.63, 3.8) is 0 Å². The smallest absolute Gasteiger partial charge is 0.247 e. The lowest BCUT2D eigenvalue weighted by Crippen LogP contribution is -2.45. The van der Waals surface area contributed by atoms with Gasteiger partial charge in [0.15, 0.2) is 0 Å². The number of hydrogen-bond donors (Lipinski definition) is 1. The van der Waals surface area contributed by atoms with Gasteiger partial charge in [0.2, 0.25) is 15.9 Å². The molecule has 25 heavy (non-hydrogen) atoms. The summed E-state index contributed by atoms with van der Waals surface area (Å²) in [5, 5.41) is 2.74. The van der Waals surface area contributed by atoms with Gasteiger partial charge in [-0.3, -0.25) is 9.10 Å². The van der Waals surface area contributed by atoms with Gasteiger partial charge in [-0.2, -0.15) is 0 Å². The van der Waals surface area contributed by atoms with Crippen LogP contribution in [0.15, 0.2) is 48.5 Å². The van der Waals surface area contributed by atoms with Crippen LogP contribution in [0.2, 0.25) is 0 Å². The molecule has 0 bridgehead atoms. The fourth-order valence-corrected chi connectivity index (χ4v) is 3.60. The number of nitrogens with one attached hydrogen (secondary N) is 1. The van der Waals surface area contributed by atoms with E-state index in [1.807, 2.05) is 19.1 Å². The van der Waals surface area contributed by atoms with Crippen LogP contribution in [0.4, 0.5) is 11.4 Å². The molecule has 0 fully saturated rings. The number of aryl methyl sites for hydroxylation is 1. The second-order valence-electron chi connectivity index (χ2n) is 5.79. The molecular formula is C18H22N2O4S. The minimum atomic E-state index is -3.65. The number of carbonyl (C=O) groups excluding carboxylic acids is 1. The zero-order valence-electron chi connectivity index (χ0n) is 14.7. The van der Waals surface area contributed by atoms with Crippen LogP contribution in [0.3, 0.4) is 0 Å².